The lowest BCUT2D eigenvalue weighted by molar-refractivity contribution is 0.661. The van der Waals surface area contributed by atoms with Gasteiger partial charge in [-0.15, -0.1) is 0 Å². The molecule has 47 heavy (non-hydrogen) atoms. The van der Waals surface area contributed by atoms with Crippen molar-refractivity contribution in [3.63, 3.8) is 0 Å². The van der Waals surface area contributed by atoms with Gasteiger partial charge in [0.1, 0.15) is 0 Å². The van der Waals surface area contributed by atoms with Crippen molar-refractivity contribution in [1.29, 1.82) is 0 Å². The van der Waals surface area contributed by atoms with Crippen LogP contribution in [-0.4, -0.2) is 9.97 Å². The average Bonchev–Trinajstić information content (AvgIpc) is 3.36. The van der Waals surface area contributed by atoms with E-state index in [1.165, 1.54) is 54.9 Å². The van der Waals surface area contributed by atoms with Crippen LogP contribution in [0, 0.1) is 0 Å². The molecule has 1 heterocycles. The highest BCUT2D eigenvalue weighted by molar-refractivity contribution is 6.04. The molecule has 2 heteroatoms. The van der Waals surface area contributed by atoms with Crippen molar-refractivity contribution in [2.45, 2.75) is 19.3 Å². The lowest BCUT2D eigenvalue weighted by Gasteiger charge is -2.22. The maximum Gasteiger partial charge on any atom is 0.160 e. The smallest absolute Gasteiger partial charge is 0.160 e. The average molecular weight is 601 g/mol. The summed E-state index contributed by atoms with van der Waals surface area (Å²) in [7, 11) is 0. The summed E-state index contributed by atoms with van der Waals surface area (Å²) in [5.41, 5.74) is 12.5. The van der Waals surface area contributed by atoms with Gasteiger partial charge in [0.15, 0.2) is 5.82 Å². The molecule has 1 aliphatic rings. The van der Waals surface area contributed by atoms with Crippen LogP contribution >= 0.6 is 0 Å². The summed E-state index contributed by atoms with van der Waals surface area (Å²) in [6, 6.07) is 56.4. The molecular weight excluding hydrogens is 569 g/mol. The molecule has 7 aromatic carbocycles. The Bertz CT molecular complexity index is 2480. The third kappa shape index (κ3) is 4.40. The van der Waals surface area contributed by atoms with Gasteiger partial charge in [0.25, 0.3) is 0 Å². The van der Waals surface area contributed by atoms with Crippen LogP contribution in [0.15, 0.2) is 158 Å². The summed E-state index contributed by atoms with van der Waals surface area (Å²) in [6.07, 6.45) is 0. The number of hydrogen-bond acceptors (Lipinski definition) is 2. The van der Waals surface area contributed by atoms with E-state index in [9.17, 15) is 0 Å². The number of benzene rings is 7. The molecule has 222 valence electrons. The number of nitrogens with zero attached hydrogens (tertiary/aromatic N) is 2. The van der Waals surface area contributed by atoms with E-state index in [1.54, 1.807) is 0 Å². The molecule has 0 saturated carbocycles. The molecule has 0 spiro atoms. The highest BCUT2D eigenvalue weighted by Crippen LogP contribution is 2.53. The Balaban J connectivity index is 1.34. The van der Waals surface area contributed by atoms with Gasteiger partial charge in [-0.1, -0.05) is 153 Å². The van der Waals surface area contributed by atoms with Crippen LogP contribution in [0.4, 0.5) is 0 Å². The lowest BCUT2D eigenvalue weighted by Crippen LogP contribution is -2.14. The second-order valence-electron chi connectivity index (χ2n) is 13.0. The van der Waals surface area contributed by atoms with Crippen LogP contribution < -0.4 is 0 Å². The maximum absolute atomic E-state index is 5.31. The van der Waals surface area contributed by atoms with Gasteiger partial charge in [-0.05, 0) is 73.1 Å². The largest absolute Gasteiger partial charge is 0.228 e. The van der Waals surface area contributed by atoms with E-state index in [1.807, 2.05) is 6.07 Å². The van der Waals surface area contributed by atoms with Gasteiger partial charge in [0.2, 0.25) is 0 Å². The number of aromatic nitrogens is 2. The first-order chi connectivity index (χ1) is 23.1. The molecule has 0 bridgehead atoms. The second kappa shape index (κ2) is 10.6. The van der Waals surface area contributed by atoms with Crippen LogP contribution in [-0.2, 0) is 5.41 Å². The van der Waals surface area contributed by atoms with E-state index in [-0.39, 0.29) is 5.41 Å². The molecule has 0 fully saturated rings. The predicted octanol–water partition coefficient (Wildman–Crippen LogP) is 11.8. The molecular formula is C45H32N2. The molecule has 0 N–H and O–H groups in total. The van der Waals surface area contributed by atoms with Crippen molar-refractivity contribution in [1.82, 2.24) is 9.97 Å². The zero-order valence-corrected chi connectivity index (χ0v) is 26.4. The molecule has 0 amide bonds. The highest BCUT2D eigenvalue weighted by atomic mass is 14.9. The van der Waals surface area contributed by atoms with Crippen molar-refractivity contribution >= 4 is 21.5 Å². The summed E-state index contributed by atoms with van der Waals surface area (Å²) < 4.78 is 0. The Morgan fingerprint density at radius 1 is 0.404 bits per heavy atom. The van der Waals surface area contributed by atoms with Gasteiger partial charge < -0.3 is 0 Å². The first-order valence-corrected chi connectivity index (χ1v) is 16.3. The van der Waals surface area contributed by atoms with Crippen molar-refractivity contribution < 1.29 is 0 Å². The minimum absolute atomic E-state index is 0.137. The molecule has 2 nitrogen and oxygen atoms in total. The van der Waals surface area contributed by atoms with Gasteiger partial charge in [0, 0.05) is 22.1 Å². The van der Waals surface area contributed by atoms with Crippen LogP contribution in [0.25, 0.3) is 77.7 Å². The standard InChI is InChI=1S/C45H32N2/c1-45(2)38-23-13-22-35(43(38)37-26-32-19-9-10-20-33(32)27-39(37)45)40-28-41(47-44(46-40)31-17-7-4-8-18-31)36-25-24-29-14-11-12-21-34(29)42(36)30-15-5-3-6-16-30/h3-28H,1-2H3. The van der Waals surface area contributed by atoms with Gasteiger partial charge in [-0.2, -0.15) is 0 Å². The molecule has 0 radical (unpaired) electrons. The minimum atomic E-state index is -0.137. The number of rotatable bonds is 4. The highest BCUT2D eigenvalue weighted by Gasteiger charge is 2.37. The van der Waals surface area contributed by atoms with E-state index in [2.05, 4.69) is 166 Å². The number of fused-ring (bicyclic) bond motifs is 5. The molecule has 0 saturated heterocycles. The van der Waals surface area contributed by atoms with Crippen molar-refractivity contribution in [3.8, 4) is 56.2 Å². The Hall–Kier alpha value is -5.86. The van der Waals surface area contributed by atoms with Crippen LogP contribution in [0.1, 0.15) is 25.0 Å². The zero-order chi connectivity index (χ0) is 31.5. The fourth-order valence-electron chi connectivity index (χ4n) is 7.53. The summed E-state index contributed by atoms with van der Waals surface area (Å²) in [5.74, 6) is 0.721. The van der Waals surface area contributed by atoms with E-state index in [0.717, 1.165) is 33.9 Å². The van der Waals surface area contributed by atoms with E-state index in [4.69, 9.17) is 9.97 Å². The van der Waals surface area contributed by atoms with Crippen LogP contribution in [0.2, 0.25) is 0 Å². The fourth-order valence-corrected chi connectivity index (χ4v) is 7.53. The van der Waals surface area contributed by atoms with Crippen LogP contribution in [0.5, 0.6) is 0 Å². The third-order valence-corrected chi connectivity index (χ3v) is 9.87. The maximum atomic E-state index is 5.31. The number of hydrogen-bond donors (Lipinski definition) is 0. The predicted molar refractivity (Wildman–Crippen MR) is 196 cm³/mol. The Morgan fingerprint density at radius 3 is 1.72 bits per heavy atom. The zero-order valence-electron chi connectivity index (χ0n) is 26.4. The van der Waals surface area contributed by atoms with Crippen molar-refractivity contribution in [2.24, 2.45) is 0 Å². The molecule has 1 aromatic heterocycles. The second-order valence-corrected chi connectivity index (χ2v) is 13.0. The lowest BCUT2D eigenvalue weighted by atomic mass is 9.81. The van der Waals surface area contributed by atoms with Crippen molar-refractivity contribution in [3.05, 3.63) is 169 Å². The van der Waals surface area contributed by atoms with Crippen molar-refractivity contribution in [2.75, 3.05) is 0 Å². The molecule has 8 aromatic rings. The van der Waals surface area contributed by atoms with Gasteiger partial charge in [-0.25, -0.2) is 9.97 Å². The Morgan fingerprint density at radius 2 is 1.00 bits per heavy atom. The van der Waals surface area contributed by atoms with Gasteiger partial charge >= 0.3 is 0 Å². The molecule has 0 unspecified atom stereocenters. The summed E-state index contributed by atoms with van der Waals surface area (Å²) in [5, 5.41) is 4.94. The normalized spacial score (nSPS) is 13.1. The molecule has 0 aliphatic heterocycles. The Labute approximate surface area is 275 Å². The first-order valence-electron chi connectivity index (χ1n) is 16.3. The fraction of sp³-hybridized carbons (Fsp3) is 0.0667. The van der Waals surface area contributed by atoms with Gasteiger partial charge in [0.05, 0.1) is 11.4 Å². The summed E-state index contributed by atoms with van der Waals surface area (Å²) >= 11 is 0. The first kappa shape index (κ1) is 27.5. The van der Waals surface area contributed by atoms with E-state index >= 15 is 0 Å². The van der Waals surface area contributed by atoms with Gasteiger partial charge in [-0.3, -0.25) is 0 Å². The monoisotopic (exact) mass is 600 g/mol. The molecule has 1 aliphatic carbocycles. The van der Waals surface area contributed by atoms with Crippen LogP contribution in [0.3, 0.4) is 0 Å². The SMILES string of the molecule is CC1(C)c2cc3ccccc3cc2-c2c(-c3cc(-c4ccc5ccccc5c4-c4ccccc4)nc(-c4ccccc4)n3)cccc21. The summed E-state index contributed by atoms with van der Waals surface area (Å²) in [4.78, 5) is 10.6. The van der Waals surface area contributed by atoms with E-state index < -0.39 is 0 Å². The minimum Gasteiger partial charge on any atom is -0.228 e. The quantitative estimate of drug-likeness (QED) is 0.201. The van der Waals surface area contributed by atoms with E-state index in [0.29, 0.717) is 0 Å². The molecule has 9 rings (SSSR count). The third-order valence-electron chi connectivity index (χ3n) is 9.87. The summed E-state index contributed by atoms with van der Waals surface area (Å²) in [6.45, 7) is 4.69. The Kier molecular flexibility index (Phi) is 6.20. The topological polar surface area (TPSA) is 25.8 Å². The molecule has 0 atom stereocenters.